The van der Waals surface area contributed by atoms with E-state index in [2.05, 4.69) is 66.6 Å². The van der Waals surface area contributed by atoms with Crippen LogP contribution in [0.4, 0.5) is 36.2 Å². The molecule has 4 aromatic rings. The van der Waals surface area contributed by atoms with Gasteiger partial charge in [-0.25, -0.2) is 0 Å². The van der Waals surface area contributed by atoms with Gasteiger partial charge in [0.1, 0.15) is 0 Å². The van der Waals surface area contributed by atoms with E-state index in [4.69, 9.17) is 0 Å². The lowest BCUT2D eigenvalue weighted by molar-refractivity contribution is -0.137. The van der Waals surface area contributed by atoms with Crippen LogP contribution in [0.3, 0.4) is 0 Å². The average molecular weight is 547 g/mol. The zero-order valence-corrected chi connectivity index (χ0v) is 22.4. The molecule has 40 heavy (non-hydrogen) atoms. The van der Waals surface area contributed by atoms with Crippen molar-refractivity contribution in [1.82, 2.24) is 15.1 Å². The molecule has 0 spiro atoms. The van der Waals surface area contributed by atoms with Gasteiger partial charge in [0, 0.05) is 68.0 Å². The van der Waals surface area contributed by atoms with Crippen LogP contribution in [0.5, 0.6) is 0 Å². The van der Waals surface area contributed by atoms with Gasteiger partial charge in [-0.15, -0.1) is 10.2 Å². The van der Waals surface area contributed by atoms with Crippen LogP contribution in [0.15, 0.2) is 72.8 Å². The lowest BCUT2D eigenvalue weighted by Crippen LogP contribution is -2.46. The monoisotopic (exact) mass is 546 g/mol. The highest BCUT2D eigenvalue weighted by Gasteiger charge is 2.30. The first-order valence-corrected chi connectivity index (χ1v) is 13.9. The Balaban J connectivity index is 1.13. The first-order chi connectivity index (χ1) is 19.4. The molecule has 1 N–H and O–H groups in total. The number of piperazine rings is 1. The number of fused-ring (bicyclic) bond motifs is 1. The Labute approximate surface area is 232 Å². The predicted molar refractivity (Wildman–Crippen MR) is 154 cm³/mol. The summed E-state index contributed by atoms with van der Waals surface area (Å²) in [6, 6.07) is 22.3. The van der Waals surface area contributed by atoms with Gasteiger partial charge in [-0.3, -0.25) is 4.90 Å². The van der Waals surface area contributed by atoms with Gasteiger partial charge in [0.2, 0.25) is 0 Å². The van der Waals surface area contributed by atoms with Crippen molar-refractivity contribution in [1.29, 1.82) is 0 Å². The van der Waals surface area contributed by atoms with E-state index in [0.29, 0.717) is 17.9 Å². The van der Waals surface area contributed by atoms with Crippen molar-refractivity contribution in [3.05, 3.63) is 83.9 Å². The molecule has 0 amide bonds. The third kappa shape index (κ3) is 5.84. The lowest BCUT2D eigenvalue weighted by atomic mass is 10.1. The molecule has 2 fully saturated rings. The van der Waals surface area contributed by atoms with Crippen molar-refractivity contribution in [2.75, 3.05) is 54.4 Å². The summed E-state index contributed by atoms with van der Waals surface area (Å²) in [5, 5.41) is 14.7. The van der Waals surface area contributed by atoms with Crippen LogP contribution in [0.1, 0.15) is 30.4 Å². The Kier molecular flexibility index (Phi) is 7.47. The van der Waals surface area contributed by atoms with Gasteiger partial charge < -0.3 is 15.1 Å². The minimum absolute atomic E-state index is 0.490. The Bertz CT molecular complexity index is 1440. The van der Waals surface area contributed by atoms with Crippen molar-refractivity contribution in [2.24, 2.45) is 0 Å². The van der Waals surface area contributed by atoms with Gasteiger partial charge in [0.15, 0.2) is 11.6 Å². The number of anilines is 4. The fourth-order valence-corrected chi connectivity index (χ4v) is 5.68. The summed E-state index contributed by atoms with van der Waals surface area (Å²) in [6.45, 7) is 5.63. The Morgan fingerprint density at radius 2 is 1.43 bits per heavy atom. The second-order valence-corrected chi connectivity index (χ2v) is 10.6. The molecule has 6 rings (SSSR count). The first kappa shape index (κ1) is 26.4. The van der Waals surface area contributed by atoms with Crippen LogP contribution in [-0.4, -0.2) is 54.4 Å². The van der Waals surface area contributed by atoms with Crippen LogP contribution in [0, 0.1) is 0 Å². The quantitative estimate of drug-likeness (QED) is 0.290. The number of halogens is 3. The molecule has 1 aromatic heterocycles. The first-order valence-electron chi connectivity index (χ1n) is 13.9. The third-order valence-electron chi connectivity index (χ3n) is 7.85. The summed E-state index contributed by atoms with van der Waals surface area (Å²) in [6.07, 6.45) is -0.517. The summed E-state index contributed by atoms with van der Waals surface area (Å²) < 4.78 is 39.3. The molecule has 0 aliphatic carbocycles. The Morgan fingerprint density at radius 1 is 0.700 bits per heavy atom. The van der Waals surface area contributed by atoms with Gasteiger partial charge in [0.25, 0.3) is 0 Å². The number of benzene rings is 3. The molecule has 2 aliphatic rings. The van der Waals surface area contributed by atoms with Crippen molar-refractivity contribution in [3.63, 3.8) is 0 Å². The Morgan fingerprint density at radius 3 is 2.15 bits per heavy atom. The third-order valence-corrected chi connectivity index (χ3v) is 7.85. The van der Waals surface area contributed by atoms with E-state index in [9.17, 15) is 13.2 Å². The summed E-state index contributed by atoms with van der Waals surface area (Å²) in [4.78, 5) is 6.84. The lowest BCUT2D eigenvalue weighted by Gasteiger charge is -2.35. The Hall–Kier alpha value is -3.85. The van der Waals surface area contributed by atoms with E-state index in [1.165, 1.54) is 37.1 Å². The average Bonchev–Trinajstić information content (AvgIpc) is 2.98. The van der Waals surface area contributed by atoms with E-state index in [0.717, 1.165) is 67.6 Å². The molecular formula is C31H33F3N6. The molecule has 9 heteroatoms. The van der Waals surface area contributed by atoms with Gasteiger partial charge in [-0.1, -0.05) is 42.5 Å². The molecule has 6 nitrogen and oxygen atoms in total. The fraction of sp³-hybridized carbons (Fsp3) is 0.355. The van der Waals surface area contributed by atoms with Crippen LogP contribution in [-0.2, 0) is 12.7 Å². The fourth-order valence-electron chi connectivity index (χ4n) is 5.68. The molecule has 3 aromatic carbocycles. The van der Waals surface area contributed by atoms with Crippen molar-refractivity contribution < 1.29 is 13.2 Å². The maximum Gasteiger partial charge on any atom is 0.416 e. The largest absolute Gasteiger partial charge is 0.416 e. The van der Waals surface area contributed by atoms with Gasteiger partial charge >= 0.3 is 6.18 Å². The smallest absolute Gasteiger partial charge is 0.372 e. The van der Waals surface area contributed by atoms with Crippen molar-refractivity contribution >= 4 is 33.8 Å². The number of nitrogens with one attached hydrogen (secondary N) is 1. The number of piperidine rings is 1. The number of alkyl halides is 3. The van der Waals surface area contributed by atoms with Crippen LogP contribution in [0.25, 0.3) is 10.8 Å². The molecule has 2 saturated heterocycles. The minimum Gasteiger partial charge on any atom is -0.372 e. The summed E-state index contributed by atoms with van der Waals surface area (Å²) in [7, 11) is 0. The van der Waals surface area contributed by atoms with Gasteiger partial charge in [-0.05, 0) is 55.2 Å². The zero-order valence-electron chi connectivity index (χ0n) is 22.4. The molecule has 3 heterocycles. The number of rotatable bonds is 6. The molecule has 208 valence electrons. The predicted octanol–water partition coefficient (Wildman–Crippen LogP) is 6.70. The number of hydrogen-bond acceptors (Lipinski definition) is 6. The highest BCUT2D eigenvalue weighted by Crippen LogP contribution is 2.32. The van der Waals surface area contributed by atoms with E-state index < -0.39 is 11.7 Å². The molecule has 0 bridgehead atoms. The van der Waals surface area contributed by atoms with Crippen molar-refractivity contribution in [2.45, 2.75) is 32.0 Å². The highest BCUT2D eigenvalue weighted by atomic mass is 19.4. The zero-order chi connectivity index (χ0) is 27.5. The second-order valence-electron chi connectivity index (χ2n) is 10.6. The van der Waals surface area contributed by atoms with Crippen molar-refractivity contribution in [3.8, 4) is 0 Å². The van der Waals surface area contributed by atoms with Crippen LogP contribution < -0.4 is 15.1 Å². The maximum absolute atomic E-state index is 13.1. The topological polar surface area (TPSA) is 47.5 Å². The maximum atomic E-state index is 13.1. The highest BCUT2D eigenvalue weighted by molar-refractivity contribution is 5.99. The minimum atomic E-state index is -4.33. The van der Waals surface area contributed by atoms with Gasteiger partial charge in [0.05, 0.1) is 5.56 Å². The summed E-state index contributed by atoms with van der Waals surface area (Å²) in [5.74, 6) is 1.55. The van der Waals surface area contributed by atoms with E-state index >= 15 is 0 Å². The molecule has 2 aliphatic heterocycles. The van der Waals surface area contributed by atoms with Crippen LogP contribution >= 0.6 is 0 Å². The van der Waals surface area contributed by atoms with E-state index in [1.807, 2.05) is 12.1 Å². The molecule has 0 radical (unpaired) electrons. The SMILES string of the molecule is FC(F)(F)c1cccc(CN2CCN(c3nnc(Nc4ccc(N5CCCCC5)cc4)c4ccccc34)CC2)c1. The number of nitrogens with zero attached hydrogens (tertiary/aromatic N) is 5. The molecule has 0 atom stereocenters. The van der Waals surface area contributed by atoms with Crippen LogP contribution in [0.2, 0.25) is 0 Å². The molecule has 0 saturated carbocycles. The van der Waals surface area contributed by atoms with E-state index in [-0.39, 0.29) is 0 Å². The standard InChI is InChI=1S/C31H33F3N6/c32-31(33,34)24-8-6-7-23(21-24)22-38-17-19-40(20-18-38)30-28-10-3-2-9-27(28)29(36-37-30)35-25-11-13-26(14-12-25)39-15-4-1-5-16-39/h2-3,6-14,21H,1,4-5,15-20,22H2,(H,35,36). The molecular weight excluding hydrogens is 513 g/mol. The number of hydrogen-bond donors (Lipinski definition) is 1. The second kappa shape index (κ2) is 11.3. The summed E-state index contributed by atoms with van der Waals surface area (Å²) in [5.41, 5.74) is 2.30. The summed E-state index contributed by atoms with van der Waals surface area (Å²) >= 11 is 0. The van der Waals surface area contributed by atoms with Gasteiger partial charge in [-0.2, -0.15) is 13.2 Å². The van der Waals surface area contributed by atoms with E-state index in [1.54, 1.807) is 6.07 Å². The normalized spacial score (nSPS) is 16.9. The number of aromatic nitrogens is 2. The molecule has 0 unspecified atom stereocenters.